The molecular formula is C28H22Cl2N2O8S2. The van der Waals surface area contributed by atoms with Gasteiger partial charge in [0.15, 0.2) is 12.2 Å². The fourth-order valence-corrected chi connectivity index (χ4v) is 7.73. The number of rotatable bonds is 6. The van der Waals surface area contributed by atoms with E-state index in [1.807, 2.05) is 0 Å². The van der Waals surface area contributed by atoms with Crippen molar-refractivity contribution in [2.24, 2.45) is 0 Å². The minimum absolute atomic E-state index is 0.120. The Morgan fingerprint density at radius 3 is 1.19 bits per heavy atom. The van der Waals surface area contributed by atoms with Gasteiger partial charge in [0.25, 0.3) is 20.0 Å². The van der Waals surface area contributed by atoms with E-state index < -0.39 is 44.4 Å². The third-order valence-electron chi connectivity index (χ3n) is 6.66. The average Bonchev–Trinajstić information content (AvgIpc) is 3.50. The molecule has 0 bridgehead atoms. The van der Waals surface area contributed by atoms with E-state index in [0.29, 0.717) is 19.7 Å². The van der Waals surface area contributed by atoms with Crippen LogP contribution in [0.2, 0.25) is 0 Å². The van der Waals surface area contributed by atoms with Gasteiger partial charge in [-0.2, -0.15) is 8.61 Å². The van der Waals surface area contributed by atoms with E-state index in [1.54, 1.807) is 38.1 Å². The van der Waals surface area contributed by atoms with Gasteiger partial charge in [0.2, 0.25) is 0 Å². The van der Waals surface area contributed by atoms with Gasteiger partial charge < -0.3 is 9.47 Å². The molecule has 2 fully saturated rings. The number of carbonyl (C=O) groups excluding carboxylic acids is 2. The maximum Gasteiger partial charge on any atom is 0.429 e. The normalized spacial score (nSPS) is 21.2. The van der Waals surface area contributed by atoms with Crippen LogP contribution in [0.5, 0.6) is 0 Å². The quantitative estimate of drug-likeness (QED) is 0.308. The highest BCUT2D eigenvalue weighted by Gasteiger charge is 2.47. The Morgan fingerprint density at radius 1 is 0.595 bits per heavy atom. The molecule has 3 aromatic carbocycles. The zero-order chi connectivity index (χ0) is 30.4. The number of hydrogen-bond donors (Lipinski definition) is 0. The lowest BCUT2D eigenvalue weighted by Gasteiger charge is -2.18. The molecule has 0 spiro atoms. The summed E-state index contributed by atoms with van der Waals surface area (Å²) in [4.78, 5) is 25.3. The number of aryl methyl sites for hydroxylation is 2. The molecule has 2 saturated heterocycles. The van der Waals surface area contributed by atoms with Gasteiger partial charge >= 0.3 is 12.2 Å². The highest BCUT2D eigenvalue weighted by atomic mass is 35.5. The second kappa shape index (κ2) is 11.1. The topological polar surface area (TPSA) is 127 Å². The highest BCUT2D eigenvalue weighted by molar-refractivity contribution is 7.90. The first-order chi connectivity index (χ1) is 19.9. The Labute approximate surface area is 252 Å². The van der Waals surface area contributed by atoms with Crippen molar-refractivity contribution < 1.29 is 35.9 Å². The second-order valence-corrected chi connectivity index (χ2v) is 13.4. The van der Waals surface area contributed by atoms with E-state index >= 15 is 0 Å². The lowest BCUT2D eigenvalue weighted by molar-refractivity contribution is 0.138. The maximum atomic E-state index is 13.3. The number of hydrogen-bond acceptors (Lipinski definition) is 8. The van der Waals surface area contributed by atoms with Crippen LogP contribution in [0.3, 0.4) is 0 Å². The number of ether oxygens (including phenoxy) is 2. The maximum absolute atomic E-state index is 13.3. The Bertz CT molecular complexity index is 1700. The number of nitrogens with zero attached hydrogens (tertiary/aromatic N) is 2. The van der Waals surface area contributed by atoms with Crippen molar-refractivity contribution in [1.29, 1.82) is 0 Å². The SMILES string of the molecule is Cc1ccc(S(=O)(=O)N2C(=O)OC(c3ccc(C4OC(=O)N(S(=O)(=O)c5ccc(C)cc5)/C4=C/Cl)cc3)/C2=C/Cl)cc1. The molecule has 14 heteroatoms. The molecule has 0 aromatic heterocycles. The summed E-state index contributed by atoms with van der Waals surface area (Å²) in [7, 11) is -8.65. The Balaban J connectivity index is 1.42. The van der Waals surface area contributed by atoms with E-state index in [0.717, 1.165) is 22.2 Å². The van der Waals surface area contributed by atoms with Crippen molar-refractivity contribution in [3.05, 3.63) is 118 Å². The molecule has 0 saturated carbocycles. The molecular weight excluding hydrogens is 627 g/mol. The first-order valence-electron chi connectivity index (χ1n) is 12.3. The van der Waals surface area contributed by atoms with Gasteiger partial charge in [-0.05, 0) is 49.2 Å². The van der Waals surface area contributed by atoms with Gasteiger partial charge in [-0.15, -0.1) is 0 Å². The molecule has 0 N–H and O–H groups in total. The van der Waals surface area contributed by atoms with E-state index in [1.165, 1.54) is 48.5 Å². The first-order valence-corrected chi connectivity index (χ1v) is 16.0. The van der Waals surface area contributed by atoms with Crippen molar-refractivity contribution in [3.8, 4) is 0 Å². The number of sulfonamides is 2. The van der Waals surface area contributed by atoms with Crippen LogP contribution >= 0.6 is 23.2 Å². The standard InChI is InChI=1S/C28H22Cl2N2O8S2/c1-17-3-11-21(12-4-17)41(35,36)31-23(15-29)25(39-27(31)33)19-7-9-20(10-8-19)26-24(16-30)32(28(34)40-26)42(37,38)22-13-5-18(2)6-14-22/h3-16,25-26H,1-2H3/b23-15-,24-16+. The number of cyclic esters (lactones) is 2. The predicted molar refractivity (Wildman–Crippen MR) is 153 cm³/mol. The van der Waals surface area contributed by atoms with E-state index in [4.69, 9.17) is 32.7 Å². The summed E-state index contributed by atoms with van der Waals surface area (Å²) >= 11 is 12.0. The van der Waals surface area contributed by atoms with E-state index in [9.17, 15) is 26.4 Å². The summed E-state index contributed by atoms with van der Waals surface area (Å²) in [6.45, 7) is 3.59. The van der Waals surface area contributed by atoms with Gasteiger partial charge in [0.05, 0.1) is 21.2 Å². The fourth-order valence-electron chi connectivity index (χ4n) is 4.47. The number of halogens is 2. The molecule has 2 aliphatic rings. The molecule has 2 atom stereocenters. The summed E-state index contributed by atoms with van der Waals surface area (Å²) < 4.78 is 64.8. The van der Waals surface area contributed by atoms with Crippen molar-refractivity contribution in [2.45, 2.75) is 35.8 Å². The predicted octanol–water partition coefficient (Wildman–Crippen LogP) is 6.23. The molecule has 2 aliphatic heterocycles. The number of amides is 2. The minimum atomic E-state index is -4.33. The third-order valence-corrected chi connectivity index (χ3v) is 10.5. The van der Waals surface area contributed by atoms with Crippen molar-refractivity contribution in [2.75, 3.05) is 0 Å². The first kappa shape index (κ1) is 29.6. The fraction of sp³-hybridized carbons (Fsp3) is 0.143. The van der Waals surface area contributed by atoms with Crippen LogP contribution in [0, 0.1) is 13.8 Å². The summed E-state index contributed by atoms with van der Waals surface area (Å²) in [5.41, 5.74) is 4.03. The summed E-state index contributed by atoms with van der Waals surface area (Å²) in [5, 5.41) is 0. The molecule has 0 aliphatic carbocycles. The molecule has 42 heavy (non-hydrogen) atoms. The lowest BCUT2D eigenvalue weighted by atomic mass is 10.0. The van der Waals surface area contributed by atoms with Crippen LogP contribution in [0.15, 0.2) is 105 Å². The third kappa shape index (κ3) is 5.04. The van der Waals surface area contributed by atoms with E-state index in [-0.39, 0.29) is 21.2 Å². The number of benzene rings is 3. The Hall–Kier alpha value is -3.84. The van der Waals surface area contributed by atoms with Gasteiger partial charge in [-0.3, -0.25) is 0 Å². The Morgan fingerprint density at radius 2 is 0.905 bits per heavy atom. The van der Waals surface area contributed by atoms with E-state index in [2.05, 4.69) is 0 Å². The van der Waals surface area contributed by atoms with Crippen molar-refractivity contribution in [3.63, 3.8) is 0 Å². The molecule has 218 valence electrons. The second-order valence-electron chi connectivity index (χ2n) is 9.43. The van der Waals surface area contributed by atoms with Crippen LogP contribution in [0.25, 0.3) is 0 Å². The van der Waals surface area contributed by atoms with Gasteiger partial charge in [-0.25, -0.2) is 26.4 Å². The summed E-state index contributed by atoms with van der Waals surface area (Å²) in [6.07, 6.45) is -4.61. The zero-order valence-corrected chi connectivity index (χ0v) is 25.1. The Kier molecular flexibility index (Phi) is 7.84. The molecule has 3 aromatic rings. The molecule has 2 amide bonds. The van der Waals surface area contributed by atoms with Crippen molar-refractivity contribution in [1.82, 2.24) is 8.61 Å². The van der Waals surface area contributed by atoms with Crippen LogP contribution in [-0.4, -0.2) is 37.6 Å². The van der Waals surface area contributed by atoms with Gasteiger partial charge in [0, 0.05) is 11.1 Å². The minimum Gasteiger partial charge on any atom is -0.434 e. The average molecular weight is 650 g/mol. The molecule has 5 rings (SSSR count). The monoisotopic (exact) mass is 648 g/mol. The van der Waals surface area contributed by atoms with Crippen molar-refractivity contribution >= 4 is 55.4 Å². The smallest absolute Gasteiger partial charge is 0.429 e. The van der Waals surface area contributed by atoms with Crippen LogP contribution < -0.4 is 0 Å². The largest absolute Gasteiger partial charge is 0.434 e. The molecule has 0 radical (unpaired) electrons. The molecule has 2 heterocycles. The lowest BCUT2D eigenvalue weighted by Crippen LogP contribution is -2.30. The zero-order valence-electron chi connectivity index (χ0n) is 22.0. The summed E-state index contributed by atoms with van der Waals surface area (Å²) in [5.74, 6) is 0. The highest BCUT2D eigenvalue weighted by Crippen LogP contribution is 2.42. The molecule has 2 unspecified atom stereocenters. The number of carbonyl (C=O) groups is 2. The van der Waals surface area contributed by atoms with Crippen LogP contribution in [0.1, 0.15) is 34.5 Å². The van der Waals surface area contributed by atoms with Gasteiger partial charge in [0.1, 0.15) is 0 Å². The summed E-state index contributed by atoms with van der Waals surface area (Å²) in [6, 6.07) is 17.9. The van der Waals surface area contributed by atoms with Crippen LogP contribution in [0.4, 0.5) is 9.59 Å². The van der Waals surface area contributed by atoms with Crippen LogP contribution in [-0.2, 0) is 29.5 Å². The van der Waals surface area contributed by atoms with Gasteiger partial charge in [-0.1, -0.05) is 82.9 Å². The molecule has 10 nitrogen and oxygen atoms in total.